The molecule has 6 heteroatoms. The van der Waals surface area contributed by atoms with Gasteiger partial charge in [-0.3, -0.25) is 4.79 Å². The number of carbonyl (C=O) groups is 1. The Balaban J connectivity index is 1.19. The number of fused-ring (bicyclic) bond motifs is 3. The maximum Gasteiger partial charge on any atom is 0.228 e. The second kappa shape index (κ2) is 9.92. The molecule has 0 radical (unpaired) electrons. The molecule has 4 aromatic rings. The minimum atomic E-state index is -0.274. The number of H-pyrrole nitrogens is 1. The highest BCUT2D eigenvalue weighted by Crippen LogP contribution is 2.42. The average molecular weight is 513 g/mol. The predicted molar refractivity (Wildman–Crippen MR) is 148 cm³/mol. The summed E-state index contributed by atoms with van der Waals surface area (Å²) in [6.45, 7) is 0.569. The monoisotopic (exact) mass is 512 g/mol. The number of aromatic amines is 1. The summed E-state index contributed by atoms with van der Waals surface area (Å²) >= 11 is 7.87. The molecule has 1 aliphatic heterocycles. The summed E-state index contributed by atoms with van der Waals surface area (Å²) in [5.74, 6) is 1.30. The van der Waals surface area contributed by atoms with Crippen LogP contribution >= 0.6 is 23.4 Å². The first kappa shape index (κ1) is 23.0. The number of hydrogen-bond donors (Lipinski definition) is 2. The number of thioether (sulfide) groups is 1. The molecule has 6 rings (SSSR count). The van der Waals surface area contributed by atoms with Gasteiger partial charge >= 0.3 is 0 Å². The van der Waals surface area contributed by atoms with Crippen molar-refractivity contribution in [3.8, 4) is 17.0 Å². The second-order valence-corrected chi connectivity index (χ2v) is 10.5. The van der Waals surface area contributed by atoms with E-state index in [0.29, 0.717) is 11.6 Å². The molecular formula is C30H25ClN2O2S. The van der Waals surface area contributed by atoms with Crippen LogP contribution in [0.2, 0.25) is 5.02 Å². The van der Waals surface area contributed by atoms with Crippen molar-refractivity contribution in [2.45, 2.75) is 16.9 Å². The number of benzene rings is 3. The number of halogens is 1. The van der Waals surface area contributed by atoms with Gasteiger partial charge in [-0.2, -0.15) is 0 Å². The Morgan fingerprint density at radius 1 is 0.972 bits per heavy atom. The number of para-hydroxylation sites is 2. The van der Waals surface area contributed by atoms with Gasteiger partial charge in [0.15, 0.2) is 0 Å². The van der Waals surface area contributed by atoms with Gasteiger partial charge < -0.3 is 15.0 Å². The van der Waals surface area contributed by atoms with Crippen LogP contribution in [0.25, 0.3) is 22.2 Å². The number of allylic oxidation sites excluding steroid dienone is 2. The molecule has 1 aromatic heterocycles. The molecule has 3 unspecified atom stereocenters. The Labute approximate surface area is 219 Å². The average Bonchev–Trinajstić information content (AvgIpc) is 3.28. The number of carbonyl (C=O) groups excluding carboxylic acids is 1. The molecule has 2 aliphatic rings. The van der Waals surface area contributed by atoms with Crippen LogP contribution in [0.3, 0.4) is 0 Å². The molecule has 2 N–H and O–H groups in total. The number of amides is 1. The summed E-state index contributed by atoms with van der Waals surface area (Å²) in [4.78, 5) is 18.2. The van der Waals surface area contributed by atoms with E-state index in [1.807, 2.05) is 72.8 Å². The van der Waals surface area contributed by atoms with Crippen molar-refractivity contribution >= 4 is 40.2 Å². The number of rotatable bonds is 6. The molecule has 4 nitrogen and oxygen atoms in total. The zero-order chi connectivity index (χ0) is 24.5. The predicted octanol–water partition coefficient (Wildman–Crippen LogP) is 6.98. The third-order valence-corrected chi connectivity index (χ3v) is 8.12. The maximum absolute atomic E-state index is 13.5. The first-order valence-corrected chi connectivity index (χ1v) is 13.4. The van der Waals surface area contributed by atoms with Gasteiger partial charge in [0.25, 0.3) is 0 Å². The van der Waals surface area contributed by atoms with Crippen molar-refractivity contribution in [2.24, 2.45) is 5.92 Å². The number of aromatic nitrogens is 1. The van der Waals surface area contributed by atoms with Crippen LogP contribution in [-0.2, 0) is 4.79 Å². The zero-order valence-corrected chi connectivity index (χ0v) is 21.1. The largest absolute Gasteiger partial charge is 0.485 e. The molecule has 2 heterocycles. The summed E-state index contributed by atoms with van der Waals surface area (Å²) in [5, 5.41) is 5.10. The Morgan fingerprint density at radius 3 is 2.64 bits per heavy atom. The van der Waals surface area contributed by atoms with Crippen LogP contribution in [0.4, 0.5) is 0 Å². The van der Waals surface area contributed by atoms with Gasteiger partial charge in [0, 0.05) is 44.6 Å². The Hall–Kier alpha value is -3.41. The van der Waals surface area contributed by atoms with E-state index in [1.165, 1.54) is 10.3 Å². The molecule has 0 saturated heterocycles. The van der Waals surface area contributed by atoms with E-state index in [2.05, 4.69) is 34.6 Å². The van der Waals surface area contributed by atoms with E-state index >= 15 is 0 Å². The highest BCUT2D eigenvalue weighted by atomic mass is 35.5. The van der Waals surface area contributed by atoms with Crippen molar-refractivity contribution in [3.63, 3.8) is 0 Å². The van der Waals surface area contributed by atoms with Crippen molar-refractivity contribution < 1.29 is 9.53 Å². The number of hydrogen-bond acceptors (Lipinski definition) is 3. The van der Waals surface area contributed by atoms with Crippen molar-refractivity contribution in [1.82, 2.24) is 10.3 Å². The summed E-state index contributed by atoms with van der Waals surface area (Å²) in [6.07, 6.45) is 7.99. The van der Waals surface area contributed by atoms with Crippen molar-refractivity contribution in [2.75, 3.05) is 12.3 Å². The highest BCUT2D eigenvalue weighted by Gasteiger charge is 2.40. The quantitative estimate of drug-likeness (QED) is 0.216. The van der Waals surface area contributed by atoms with Gasteiger partial charge in [0.05, 0.1) is 11.6 Å². The normalized spacial score (nSPS) is 20.0. The lowest BCUT2D eigenvalue weighted by Crippen LogP contribution is -2.42. The maximum atomic E-state index is 13.5. The summed E-state index contributed by atoms with van der Waals surface area (Å²) in [5.41, 5.74) is 4.20. The van der Waals surface area contributed by atoms with E-state index in [0.717, 1.165) is 33.8 Å². The fourth-order valence-electron chi connectivity index (χ4n) is 5.06. The molecule has 3 aromatic carbocycles. The lowest BCUT2D eigenvalue weighted by Gasteiger charge is -2.37. The van der Waals surface area contributed by atoms with Gasteiger partial charge in [-0.25, -0.2) is 0 Å². The summed E-state index contributed by atoms with van der Waals surface area (Å²) < 4.78 is 6.16. The number of nitrogens with one attached hydrogen (secondary N) is 2. The van der Waals surface area contributed by atoms with Gasteiger partial charge in [-0.15, -0.1) is 11.8 Å². The fourth-order valence-corrected chi connectivity index (χ4v) is 6.24. The topological polar surface area (TPSA) is 54.1 Å². The SMILES string of the molecule is O=C(NCCSc1c(-c2ccc(Cl)cc2)[nH]c2ccccc12)C1c2ccccc2OC2C=CC=CC21. The minimum absolute atomic E-state index is 0.0114. The van der Waals surface area contributed by atoms with Crippen molar-refractivity contribution in [1.29, 1.82) is 0 Å². The van der Waals surface area contributed by atoms with Gasteiger partial charge in [0.2, 0.25) is 5.91 Å². The third kappa shape index (κ3) is 4.34. The Bertz CT molecular complexity index is 1470. The standard InChI is InChI=1S/C30H25ClN2O2S/c31-20-15-13-19(14-16-20)28-29(21-7-1-4-10-24(21)33-28)36-18-17-32-30(34)27-22-8-2-5-11-25(22)35-26-12-6-3-9-23(26)27/h1-16,22,25,27,33H,17-18H2,(H,32,34). The second-order valence-electron chi connectivity index (χ2n) is 8.97. The van der Waals surface area contributed by atoms with Crippen LogP contribution in [0.5, 0.6) is 5.75 Å². The smallest absolute Gasteiger partial charge is 0.228 e. The molecule has 0 spiro atoms. The van der Waals surface area contributed by atoms with Gasteiger partial charge in [-0.1, -0.05) is 78.4 Å². The summed E-state index contributed by atoms with van der Waals surface area (Å²) in [7, 11) is 0. The molecule has 36 heavy (non-hydrogen) atoms. The highest BCUT2D eigenvalue weighted by molar-refractivity contribution is 7.99. The van der Waals surface area contributed by atoms with Crippen LogP contribution in [0.15, 0.2) is 102 Å². The lowest BCUT2D eigenvalue weighted by atomic mass is 9.77. The summed E-state index contributed by atoms with van der Waals surface area (Å²) in [6, 6.07) is 24.1. The lowest BCUT2D eigenvalue weighted by molar-refractivity contribution is -0.124. The third-order valence-electron chi connectivity index (χ3n) is 6.75. The molecular weight excluding hydrogens is 488 g/mol. The molecule has 1 aliphatic carbocycles. The fraction of sp³-hybridized carbons (Fsp3) is 0.167. The molecule has 0 bridgehead atoms. The molecule has 3 atom stereocenters. The first-order valence-electron chi connectivity index (χ1n) is 12.1. The van der Waals surface area contributed by atoms with Crippen LogP contribution < -0.4 is 10.1 Å². The molecule has 1 amide bonds. The van der Waals surface area contributed by atoms with E-state index in [-0.39, 0.29) is 23.8 Å². The minimum Gasteiger partial charge on any atom is -0.485 e. The number of ether oxygens (including phenoxy) is 1. The molecule has 180 valence electrons. The van der Waals surface area contributed by atoms with Crippen LogP contribution in [0, 0.1) is 5.92 Å². The van der Waals surface area contributed by atoms with Gasteiger partial charge in [0.1, 0.15) is 11.9 Å². The van der Waals surface area contributed by atoms with E-state index in [9.17, 15) is 4.79 Å². The molecule has 0 saturated carbocycles. The Morgan fingerprint density at radius 2 is 1.75 bits per heavy atom. The van der Waals surface area contributed by atoms with E-state index in [1.54, 1.807) is 11.8 Å². The zero-order valence-electron chi connectivity index (χ0n) is 19.5. The molecule has 0 fully saturated rings. The van der Waals surface area contributed by atoms with E-state index in [4.69, 9.17) is 16.3 Å². The van der Waals surface area contributed by atoms with Crippen molar-refractivity contribution in [3.05, 3.63) is 108 Å². The van der Waals surface area contributed by atoms with Crippen LogP contribution in [-0.4, -0.2) is 29.3 Å². The first-order chi connectivity index (χ1) is 17.7. The van der Waals surface area contributed by atoms with Crippen LogP contribution in [0.1, 0.15) is 11.5 Å². The van der Waals surface area contributed by atoms with Gasteiger partial charge in [-0.05, 0) is 35.9 Å². The Kier molecular flexibility index (Phi) is 6.34. The van der Waals surface area contributed by atoms with E-state index < -0.39 is 0 Å².